The molecule has 8 nitrogen and oxygen atoms in total. The fourth-order valence-corrected chi connectivity index (χ4v) is 4.78. The maximum absolute atomic E-state index is 14.1. The molecule has 2 aliphatic heterocycles. The molecular formula is C23H25FN4O4. The first-order valence-electron chi connectivity index (χ1n) is 10.3. The predicted octanol–water partition coefficient (Wildman–Crippen LogP) is 1.53. The van der Waals surface area contributed by atoms with Crippen LogP contribution in [0.15, 0.2) is 42.7 Å². The van der Waals surface area contributed by atoms with Crippen LogP contribution in [0.3, 0.4) is 0 Å². The number of hydrogen-bond donors (Lipinski definition) is 0. The minimum Gasteiger partial charge on any atom is -0.494 e. The van der Waals surface area contributed by atoms with Crippen molar-refractivity contribution >= 4 is 17.7 Å². The van der Waals surface area contributed by atoms with Gasteiger partial charge in [0.25, 0.3) is 11.8 Å². The van der Waals surface area contributed by atoms with Crippen LogP contribution in [-0.2, 0) is 4.79 Å². The van der Waals surface area contributed by atoms with Gasteiger partial charge in [-0.25, -0.2) is 4.39 Å². The van der Waals surface area contributed by atoms with Crippen LogP contribution in [0, 0.1) is 17.2 Å². The van der Waals surface area contributed by atoms with Gasteiger partial charge in [-0.15, -0.1) is 0 Å². The average Bonchev–Trinajstić information content (AvgIpc) is 3.33. The van der Waals surface area contributed by atoms with E-state index in [2.05, 4.69) is 4.98 Å². The van der Waals surface area contributed by atoms with Gasteiger partial charge < -0.3 is 19.4 Å². The normalized spacial score (nSPS) is 21.9. The number of rotatable bonds is 4. The highest BCUT2D eigenvalue weighted by Crippen LogP contribution is 2.44. The van der Waals surface area contributed by atoms with E-state index in [4.69, 9.17) is 4.74 Å². The number of halogens is 1. The predicted molar refractivity (Wildman–Crippen MR) is 114 cm³/mol. The van der Waals surface area contributed by atoms with E-state index in [0.717, 1.165) is 6.07 Å². The number of carbonyl (C=O) groups excluding carboxylic acids is 3. The van der Waals surface area contributed by atoms with Crippen molar-refractivity contribution in [2.75, 3.05) is 47.4 Å². The fourth-order valence-electron chi connectivity index (χ4n) is 4.78. The fraction of sp³-hybridized carbons (Fsp3) is 0.391. The number of benzene rings is 1. The molecule has 2 atom stereocenters. The van der Waals surface area contributed by atoms with Crippen LogP contribution in [0.2, 0.25) is 0 Å². The number of amides is 3. The van der Waals surface area contributed by atoms with E-state index >= 15 is 0 Å². The molecule has 0 unspecified atom stereocenters. The van der Waals surface area contributed by atoms with E-state index in [9.17, 15) is 18.8 Å². The number of carbonyl (C=O) groups is 3. The van der Waals surface area contributed by atoms with Gasteiger partial charge in [0.05, 0.1) is 12.5 Å². The number of methoxy groups -OCH3 is 1. The summed E-state index contributed by atoms with van der Waals surface area (Å²) >= 11 is 0. The van der Waals surface area contributed by atoms with Crippen molar-refractivity contribution in [3.63, 3.8) is 0 Å². The van der Waals surface area contributed by atoms with Crippen LogP contribution in [0.5, 0.6) is 5.75 Å². The van der Waals surface area contributed by atoms with E-state index in [-0.39, 0.29) is 48.0 Å². The summed E-state index contributed by atoms with van der Waals surface area (Å²) in [5.74, 6) is -1.41. The smallest absolute Gasteiger partial charge is 0.254 e. The molecule has 0 radical (unpaired) electrons. The van der Waals surface area contributed by atoms with Gasteiger partial charge in [0.1, 0.15) is 0 Å². The third-order valence-electron chi connectivity index (χ3n) is 6.34. The molecule has 0 spiro atoms. The largest absolute Gasteiger partial charge is 0.494 e. The van der Waals surface area contributed by atoms with Crippen LogP contribution in [0.4, 0.5) is 4.39 Å². The molecule has 0 saturated carbocycles. The first kappa shape index (κ1) is 21.7. The number of fused-ring (bicyclic) bond motifs is 1. The van der Waals surface area contributed by atoms with Crippen molar-refractivity contribution in [3.8, 4) is 5.75 Å². The Morgan fingerprint density at radius 2 is 1.62 bits per heavy atom. The molecule has 9 heteroatoms. The average molecular weight is 440 g/mol. The lowest BCUT2D eigenvalue weighted by atomic mass is 9.80. The highest BCUT2D eigenvalue weighted by Gasteiger charge is 2.59. The van der Waals surface area contributed by atoms with Gasteiger partial charge in [-0.2, -0.15) is 0 Å². The van der Waals surface area contributed by atoms with Gasteiger partial charge in [0, 0.05) is 69.7 Å². The van der Waals surface area contributed by atoms with Gasteiger partial charge in [0.2, 0.25) is 5.91 Å². The molecule has 2 saturated heterocycles. The number of aromatic nitrogens is 1. The highest BCUT2D eigenvalue weighted by molar-refractivity contribution is 5.97. The molecule has 3 amide bonds. The Kier molecular flexibility index (Phi) is 5.58. The second kappa shape index (κ2) is 8.22. The number of hydrogen-bond acceptors (Lipinski definition) is 5. The Labute approximate surface area is 185 Å². The Hall–Kier alpha value is -3.49. The van der Waals surface area contributed by atoms with Gasteiger partial charge >= 0.3 is 0 Å². The second-order valence-electron chi connectivity index (χ2n) is 8.51. The Bertz CT molecular complexity index is 1060. The maximum Gasteiger partial charge on any atom is 0.254 e. The molecule has 1 aromatic heterocycles. The molecule has 0 N–H and O–H groups in total. The van der Waals surface area contributed by atoms with Crippen molar-refractivity contribution in [2.24, 2.45) is 11.3 Å². The molecule has 2 fully saturated rings. The van der Waals surface area contributed by atoms with E-state index in [1.54, 1.807) is 48.4 Å². The summed E-state index contributed by atoms with van der Waals surface area (Å²) < 4.78 is 19.1. The lowest BCUT2D eigenvalue weighted by Gasteiger charge is -2.30. The molecule has 32 heavy (non-hydrogen) atoms. The van der Waals surface area contributed by atoms with Crippen LogP contribution in [0.1, 0.15) is 20.7 Å². The summed E-state index contributed by atoms with van der Waals surface area (Å²) in [6.45, 7) is 1.06. The zero-order chi connectivity index (χ0) is 23.0. The van der Waals surface area contributed by atoms with E-state index in [1.165, 1.54) is 24.1 Å². The molecule has 1 aromatic carbocycles. The third kappa shape index (κ3) is 3.57. The van der Waals surface area contributed by atoms with Crippen molar-refractivity contribution in [2.45, 2.75) is 0 Å². The Morgan fingerprint density at radius 1 is 1.03 bits per heavy atom. The molecule has 2 aromatic rings. The van der Waals surface area contributed by atoms with E-state index in [0.29, 0.717) is 18.7 Å². The van der Waals surface area contributed by atoms with Crippen LogP contribution in [-0.4, -0.2) is 84.8 Å². The topological polar surface area (TPSA) is 83.0 Å². The molecule has 168 valence electrons. The Balaban J connectivity index is 1.59. The molecular weight excluding hydrogens is 415 g/mol. The van der Waals surface area contributed by atoms with Crippen molar-refractivity contribution in [1.82, 2.24) is 19.7 Å². The summed E-state index contributed by atoms with van der Waals surface area (Å²) in [6, 6.07) is 7.36. The molecule has 0 aliphatic carbocycles. The van der Waals surface area contributed by atoms with Gasteiger partial charge in [-0.1, -0.05) is 0 Å². The number of ether oxygens (including phenoxy) is 1. The monoisotopic (exact) mass is 440 g/mol. The lowest BCUT2D eigenvalue weighted by molar-refractivity contribution is -0.139. The summed E-state index contributed by atoms with van der Waals surface area (Å²) in [6.07, 6.45) is 3.11. The minimum absolute atomic E-state index is 0.0596. The zero-order valence-corrected chi connectivity index (χ0v) is 18.2. The summed E-state index contributed by atoms with van der Waals surface area (Å²) in [5, 5.41) is 0. The van der Waals surface area contributed by atoms with Gasteiger partial charge in [-0.05, 0) is 30.3 Å². The van der Waals surface area contributed by atoms with Crippen LogP contribution < -0.4 is 4.74 Å². The minimum atomic E-state index is -0.896. The summed E-state index contributed by atoms with van der Waals surface area (Å²) in [5.41, 5.74) is -0.193. The van der Waals surface area contributed by atoms with E-state index < -0.39 is 11.2 Å². The van der Waals surface area contributed by atoms with Gasteiger partial charge in [0.15, 0.2) is 11.6 Å². The number of nitrogens with zero attached hydrogens (tertiary/aromatic N) is 4. The standard InChI is InChI=1S/C23H25FN4O4/c1-26(2)22(31)23-13-27(20(29)15-6-8-25-9-7-15)11-17(23)12-28(14-23)21(30)16-4-5-19(32-3)18(24)10-16/h4-10,17H,11-14H2,1-3H3/t17-,23-/m0/s1. The molecule has 2 aliphatic rings. The number of pyridine rings is 1. The first-order valence-corrected chi connectivity index (χ1v) is 10.3. The van der Waals surface area contributed by atoms with Crippen molar-refractivity contribution in [3.05, 3.63) is 59.7 Å². The molecule has 3 heterocycles. The second-order valence-corrected chi connectivity index (χ2v) is 8.51. The maximum atomic E-state index is 14.1. The van der Waals surface area contributed by atoms with Crippen molar-refractivity contribution in [1.29, 1.82) is 0 Å². The first-order chi connectivity index (χ1) is 15.3. The lowest BCUT2D eigenvalue weighted by Crippen LogP contribution is -2.48. The molecule has 4 rings (SSSR count). The highest BCUT2D eigenvalue weighted by atomic mass is 19.1. The zero-order valence-electron chi connectivity index (χ0n) is 18.2. The van der Waals surface area contributed by atoms with Gasteiger partial charge in [-0.3, -0.25) is 19.4 Å². The summed E-state index contributed by atoms with van der Waals surface area (Å²) in [4.78, 5) is 48.1. The SMILES string of the molecule is COc1ccc(C(=O)N2C[C@@H]3CN(C(=O)c4ccncc4)C[C@]3(C(=O)N(C)C)C2)cc1F. The van der Waals surface area contributed by atoms with E-state index in [1.807, 2.05) is 0 Å². The van der Waals surface area contributed by atoms with Crippen LogP contribution in [0.25, 0.3) is 0 Å². The quantitative estimate of drug-likeness (QED) is 0.720. The Morgan fingerprint density at radius 3 is 2.16 bits per heavy atom. The summed E-state index contributed by atoms with van der Waals surface area (Å²) in [7, 11) is 4.70. The molecule has 0 bridgehead atoms. The van der Waals surface area contributed by atoms with Crippen molar-refractivity contribution < 1.29 is 23.5 Å². The number of likely N-dealkylation sites (tertiary alicyclic amines) is 2. The van der Waals surface area contributed by atoms with Crippen LogP contribution >= 0.6 is 0 Å². The third-order valence-corrected chi connectivity index (χ3v) is 6.34.